The second-order valence-electron chi connectivity index (χ2n) is 6.14. The normalized spacial score (nSPS) is 16.6. The summed E-state index contributed by atoms with van der Waals surface area (Å²) in [6.45, 7) is 3.28. The number of amides is 2. The van der Waals surface area contributed by atoms with Gasteiger partial charge in [-0.25, -0.2) is 0 Å². The van der Waals surface area contributed by atoms with Crippen molar-refractivity contribution >= 4 is 11.8 Å². The van der Waals surface area contributed by atoms with Crippen molar-refractivity contribution in [2.75, 3.05) is 26.7 Å². The summed E-state index contributed by atoms with van der Waals surface area (Å²) in [4.78, 5) is 26.0. The first-order valence-electron chi connectivity index (χ1n) is 8.43. The zero-order valence-corrected chi connectivity index (χ0v) is 14.1. The summed E-state index contributed by atoms with van der Waals surface area (Å²) in [6, 6.07) is 5.92. The molecule has 23 heavy (non-hydrogen) atoms. The Bertz CT molecular complexity index is 571. The van der Waals surface area contributed by atoms with Crippen LogP contribution in [0.4, 0.5) is 0 Å². The lowest BCUT2D eigenvalue weighted by Crippen LogP contribution is -2.40. The quantitative estimate of drug-likeness (QED) is 0.838. The van der Waals surface area contributed by atoms with Gasteiger partial charge >= 0.3 is 0 Å². The lowest BCUT2D eigenvalue weighted by atomic mass is 9.82. The van der Waals surface area contributed by atoms with Gasteiger partial charge in [-0.1, -0.05) is 13.0 Å². The largest absolute Gasteiger partial charge is 0.358 e. The lowest BCUT2D eigenvalue weighted by molar-refractivity contribution is -0.121. The van der Waals surface area contributed by atoms with Gasteiger partial charge in [0.25, 0.3) is 5.91 Å². The SMILES string of the molecule is CCCN(CC(=O)NC)C(=O)c1ccc2c(c1)C(CN)CCC2. The molecule has 1 aromatic carbocycles. The van der Waals surface area contributed by atoms with Crippen molar-refractivity contribution in [3.63, 3.8) is 0 Å². The van der Waals surface area contributed by atoms with Crippen molar-refractivity contribution in [1.82, 2.24) is 10.2 Å². The minimum absolute atomic E-state index is 0.0837. The molecule has 0 saturated heterocycles. The minimum Gasteiger partial charge on any atom is -0.358 e. The molecule has 1 atom stereocenters. The van der Waals surface area contributed by atoms with Gasteiger partial charge in [-0.05, 0) is 61.4 Å². The Morgan fingerprint density at radius 1 is 1.39 bits per heavy atom. The van der Waals surface area contributed by atoms with E-state index in [0.29, 0.717) is 24.6 Å². The van der Waals surface area contributed by atoms with Crippen LogP contribution in [0.25, 0.3) is 0 Å². The third kappa shape index (κ3) is 4.10. The van der Waals surface area contributed by atoms with Gasteiger partial charge in [-0.2, -0.15) is 0 Å². The maximum atomic E-state index is 12.8. The number of hydrogen-bond acceptors (Lipinski definition) is 3. The highest BCUT2D eigenvalue weighted by molar-refractivity contribution is 5.96. The van der Waals surface area contributed by atoms with Crippen molar-refractivity contribution in [2.45, 2.75) is 38.5 Å². The van der Waals surface area contributed by atoms with E-state index in [0.717, 1.165) is 25.7 Å². The van der Waals surface area contributed by atoms with Crippen LogP contribution in [0.15, 0.2) is 18.2 Å². The number of likely N-dealkylation sites (N-methyl/N-ethyl adjacent to an activating group) is 1. The van der Waals surface area contributed by atoms with Gasteiger partial charge in [0, 0.05) is 19.2 Å². The lowest BCUT2D eigenvalue weighted by Gasteiger charge is -2.26. The maximum absolute atomic E-state index is 12.8. The second kappa shape index (κ2) is 8.11. The van der Waals surface area contributed by atoms with E-state index in [4.69, 9.17) is 5.73 Å². The van der Waals surface area contributed by atoms with Crippen molar-refractivity contribution in [1.29, 1.82) is 0 Å². The molecule has 0 heterocycles. The molecule has 0 aromatic heterocycles. The first-order chi connectivity index (χ1) is 11.1. The van der Waals surface area contributed by atoms with Gasteiger partial charge in [-0.3, -0.25) is 9.59 Å². The van der Waals surface area contributed by atoms with Crippen molar-refractivity contribution in [2.24, 2.45) is 5.73 Å². The molecule has 0 saturated carbocycles. The van der Waals surface area contributed by atoms with Crippen molar-refractivity contribution in [3.05, 3.63) is 34.9 Å². The Kier molecular flexibility index (Phi) is 6.16. The van der Waals surface area contributed by atoms with Crippen LogP contribution in [0.5, 0.6) is 0 Å². The molecule has 5 nitrogen and oxygen atoms in total. The number of aryl methyl sites for hydroxylation is 1. The van der Waals surface area contributed by atoms with E-state index in [1.165, 1.54) is 11.1 Å². The Labute approximate surface area is 138 Å². The molecule has 2 rings (SSSR count). The topological polar surface area (TPSA) is 75.4 Å². The van der Waals surface area contributed by atoms with Crippen LogP contribution in [-0.2, 0) is 11.2 Å². The molecule has 2 amide bonds. The molecule has 0 radical (unpaired) electrons. The summed E-state index contributed by atoms with van der Waals surface area (Å²) in [5, 5.41) is 2.58. The summed E-state index contributed by atoms with van der Waals surface area (Å²) in [7, 11) is 1.58. The van der Waals surface area contributed by atoms with Crippen LogP contribution in [0.2, 0.25) is 0 Å². The number of carbonyl (C=O) groups is 2. The molecule has 126 valence electrons. The van der Waals surface area contributed by atoms with Gasteiger partial charge in [0.15, 0.2) is 0 Å². The molecule has 0 aliphatic heterocycles. The summed E-state index contributed by atoms with van der Waals surface area (Å²) in [5.41, 5.74) is 9.05. The van der Waals surface area contributed by atoms with Crippen molar-refractivity contribution < 1.29 is 9.59 Å². The summed E-state index contributed by atoms with van der Waals surface area (Å²) in [6.07, 6.45) is 4.11. The highest BCUT2D eigenvalue weighted by Crippen LogP contribution is 2.31. The highest BCUT2D eigenvalue weighted by atomic mass is 16.2. The zero-order valence-electron chi connectivity index (χ0n) is 14.1. The molecule has 0 spiro atoms. The first-order valence-corrected chi connectivity index (χ1v) is 8.43. The number of benzene rings is 1. The van der Waals surface area contributed by atoms with E-state index in [2.05, 4.69) is 11.4 Å². The van der Waals surface area contributed by atoms with E-state index in [9.17, 15) is 9.59 Å². The van der Waals surface area contributed by atoms with Gasteiger partial charge < -0.3 is 16.0 Å². The Hall–Kier alpha value is -1.88. The van der Waals surface area contributed by atoms with Crippen molar-refractivity contribution in [3.8, 4) is 0 Å². The molecule has 1 unspecified atom stereocenters. The molecular formula is C18H27N3O2. The van der Waals surface area contributed by atoms with E-state index >= 15 is 0 Å². The number of rotatable bonds is 6. The van der Waals surface area contributed by atoms with Gasteiger partial charge in [0.2, 0.25) is 5.91 Å². The molecule has 3 N–H and O–H groups in total. The fourth-order valence-corrected chi connectivity index (χ4v) is 3.23. The summed E-state index contributed by atoms with van der Waals surface area (Å²) in [5.74, 6) is 0.106. The van der Waals surface area contributed by atoms with E-state index < -0.39 is 0 Å². The second-order valence-corrected chi connectivity index (χ2v) is 6.14. The van der Waals surface area contributed by atoms with E-state index in [1.54, 1.807) is 11.9 Å². The molecule has 1 aromatic rings. The third-order valence-electron chi connectivity index (χ3n) is 4.51. The van der Waals surface area contributed by atoms with Crippen LogP contribution in [0, 0.1) is 0 Å². The van der Waals surface area contributed by atoms with Gasteiger partial charge in [-0.15, -0.1) is 0 Å². The number of hydrogen-bond donors (Lipinski definition) is 2. The monoisotopic (exact) mass is 317 g/mol. The predicted octanol–water partition coefficient (Wildman–Crippen LogP) is 1.66. The molecular weight excluding hydrogens is 290 g/mol. The molecule has 5 heteroatoms. The highest BCUT2D eigenvalue weighted by Gasteiger charge is 2.23. The van der Waals surface area contributed by atoms with Gasteiger partial charge in [0.05, 0.1) is 6.54 Å². The van der Waals surface area contributed by atoms with E-state index in [1.807, 2.05) is 19.1 Å². The molecule has 0 bridgehead atoms. The smallest absolute Gasteiger partial charge is 0.254 e. The third-order valence-corrected chi connectivity index (χ3v) is 4.51. The first kappa shape index (κ1) is 17.5. The zero-order chi connectivity index (χ0) is 16.8. The van der Waals surface area contributed by atoms with Crippen LogP contribution >= 0.6 is 0 Å². The average Bonchev–Trinajstić information content (AvgIpc) is 2.59. The average molecular weight is 317 g/mol. The van der Waals surface area contributed by atoms with Crippen LogP contribution in [0.3, 0.4) is 0 Å². The Balaban J connectivity index is 2.25. The molecule has 1 aliphatic carbocycles. The van der Waals surface area contributed by atoms with E-state index in [-0.39, 0.29) is 18.4 Å². The number of nitrogens with zero attached hydrogens (tertiary/aromatic N) is 1. The van der Waals surface area contributed by atoms with Gasteiger partial charge in [0.1, 0.15) is 0 Å². The number of nitrogens with one attached hydrogen (secondary N) is 1. The number of carbonyl (C=O) groups excluding carboxylic acids is 2. The maximum Gasteiger partial charge on any atom is 0.254 e. The summed E-state index contributed by atoms with van der Waals surface area (Å²) < 4.78 is 0. The van der Waals surface area contributed by atoms with Crippen LogP contribution in [-0.4, -0.2) is 43.4 Å². The fraction of sp³-hybridized carbons (Fsp3) is 0.556. The number of nitrogens with two attached hydrogens (primary N) is 1. The standard InChI is InChI=1S/C18H27N3O2/c1-3-9-21(12-17(22)20-2)18(23)14-8-7-13-5-4-6-15(11-19)16(13)10-14/h7-8,10,15H,3-6,9,11-12,19H2,1-2H3,(H,20,22). The van der Waals surface area contributed by atoms with Crippen LogP contribution < -0.4 is 11.1 Å². The number of fused-ring (bicyclic) bond motifs is 1. The molecule has 0 fully saturated rings. The predicted molar refractivity (Wildman–Crippen MR) is 91.4 cm³/mol. The Morgan fingerprint density at radius 2 is 2.17 bits per heavy atom. The Morgan fingerprint density at radius 3 is 2.83 bits per heavy atom. The summed E-state index contributed by atoms with van der Waals surface area (Å²) >= 11 is 0. The fourth-order valence-electron chi connectivity index (χ4n) is 3.23. The molecule has 1 aliphatic rings. The van der Waals surface area contributed by atoms with Crippen LogP contribution in [0.1, 0.15) is 53.6 Å². The minimum atomic E-state index is -0.149.